The van der Waals surface area contributed by atoms with E-state index in [-0.39, 0.29) is 11.3 Å². The van der Waals surface area contributed by atoms with Crippen LogP contribution in [0.15, 0.2) is 42.5 Å². The highest BCUT2D eigenvalue weighted by atomic mass is 35.5. The summed E-state index contributed by atoms with van der Waals surface area (Å²) in [6.07, 6.45) is 0. The number of nitrogens with zero attached hydrogens (tertiary/aromatic N) is 2. The number of hydrogen-bond donors (Lipinski definition) is 0. The van der Waals surface area contributed by atoms with Crippen LogP contribution >= 0.6 is 11.6 Å². The lowest BCUT2D eigenvalue weighted by molar-refractivity contribution is -0.385. The van der Waals surface area contributed by atoms with E-state index in [1.807, 2.05) is 0 Å². The minimum absolute atomic E-state index is 0.191. The SMILES string of the molecule is COC(=O)c1cc([C@@H](C#N)c2ccc(Cl)cc2)ccc1[N+](=O)[O-]. The summed E-state index contributed by atoms with van der Waals surface area (Å²) in [7, 11) is 1.14. The van der Waals surface area contributed by atoms with Gasteiger partial charge in [-0.15, -0.1) is 0 Å². The number of nitriles is 1. The quantitative estimate of drug-likeness (QED) is 0.484. The second kappa shape index (κ2) is 6.90. The molecular weight excluding hydrogens is 320 g/mol. The van der Waals surface area contributed by atoms with E-state index in [1.165, 1.54) is 18.2 Å². The number of nitro groups is 1. The van der Waals surface area contributed by atoms with Crippen molar-refractivity contribution in [1.29, 1.82) is 5.26 Å². The van der Waals surface area contributed by atoms with Crippen LogP contribution in [0.1, 0.15) is 27.4 Å². The van der Waals surface area contributed by atoms with Gasteiger partial charge in [0.2, 0.25) is 0 Å². The molecule has 116 valence electrons. The zero-order chi connectivity index (χ0) is 17.0. The summed E-state index contributed by atoms with van der Waals surface area (Å²) in [5.74, 6) is -1.51. The number of methoxy groups -OCH3 is 1. The van der Waals surface area contributed by atoms with Crippen molar-refractivity contribution < 1.29 is 14.5 Å². The standard InChI is InChI=1S/C16H11ClN2O4/c1-23-16(20)13-8-11(4-7-15(13)19(21)22)14(9-18)10-2-5-12(17)6-3-10/h2-8,14H,1H3/t14-/m0/s1. The van der Waals surface area contributed by atoms with E-state index in [9.17, 15) is 20.2 Å². The van der Waals surface area contributed by atoms with Gasteiger partial charge in [-0.05, 0) is 29.3 Å². The number of hydrogen-bond acceptors (Lipinski definition) is 5. The molecule has 0 heterocycles. The van der Waals surface area contributed by atoms with Gasteiger partial charge in [-0.1, -0.05) is 29.8 Å². The second-order valence-corrected chi connectivity index (χ2v) is 5.08. The molecule has 0 N–H and O–H groups in total. The van der Waals surface area contributed by atoms with Crippen LogP contribution in [0.25, 0.3) is 0 Å². The molecule has 2 rings (SSSR count). The Morgan fingerprint density at radius 2 is 1.87 bits per heavy atom. The predicted molar refractivity (Wildman–Crippen MR) is 83.3 cm³/mol. The molecule has 0 unspecified atom stereocenters. The van der Waals surface area contributed by atoms with Crippen LogP contribution in [0, 0.1) is 21.4 Å². The van der Waals surface area contributed by atoms with Gasteiger partial charge in [0.25, 0.3) is 5.69 Å². The highest BCUT2D eigenvalue weighted by Gasteiger charge is 2.24. The van der Waals surface area contributed by atoms with Gasteiger partial charge in [-0.25, -0.2) is 4.79 Å². The van der Waals surface area contributed by atoms with Crippen molar-refractivity contribution in [2.24, 2.45) is 0 Å². The summed E-state index contributed by atoms with van der Waals surface area (Å²) in [5, 5.41) is 21.0. The Hall–Kier alpha value is -2.91. The first-order valence-electron chi connectivity index (χ1n) is 6.49. The molecule has 0 radical (unpaired) electrons. The Morgan fingerprint density at radius 3 is 2.39 bits per heavy atom. The highest BCUT2D eigenvalue weighted by molar-refractivity contribution is 6.30. The molecule has 0 aliphatic heterocycles. The third-order valence-corrected chi connectivity index (χ3v) is 3.54. The van der Waals surface area contributed by atoms with Crippen molar-refractivity contribution >= 4 is 23.3 Å². The van der Waals surface area contributed by atoms with Crippen LogP contribution < -0.4 is 0 Å². The number of halogens is 1. The molecule has 23 heavy (non-hydrogen) atoms. The first-order chi connectivity index (χ1) is 11.0. The van der Waals surface area contributed by atoms with Gasteiger partial charge >= 0.3 is 5.97 Å². The molecular formula is C16H11ClN2O4. The lowest BCUT2D eigenvalue weighted by Gasteiger charge is -2.11. The smallest absolute Gasteiger partial charge is 0.344 e. The number of carbonyl (C=O) groups is 1. The predicted octanol–water partition coefficient (Wildman–Crippen LogP) is 3.69. The van der Waals surface area contributed by atoms with Crippen LogP contribution in [0.5, 0.6) is 0 Å². The van der Waals surface area contributed by atoms with Crippen LogP contribution in [-0.4, -0.2) is 18.0 Å². The molecule has 6 nitrogen and oxygen atoms in total. The highest BCUT2D eigenvalue weighted by Crippen LogP contribution is 2.29. The summed E-state index contributed by atoms with van der Waals surface area (Å²) < 4.78 is 4.57. The lowest BCUT2D eigenvalue weighted by atomic mass is 9.91. The fourth-order valence-electron chi connectivity index (χ4n) is 2.16. The normalized spacial score (nSPS) is 11.3. The van der Waals surface area contributed by atoms with Gasteiger partial charge in [0.05, 0.1) is 24.0 Å². The topological polar surface area (TPSA) is 93.2 Å². The number of nitro benzene ring substituents is 1. The zero-order valence-corrected chi connectivity index (χ0v) is 12.8. The maximum absolute atomic E-state index is 11.8. The number of ether oxygens (including phenoxy) is 1. The first-order valence-corrected chi connectivity index (χ1v) is 6.87. The van der Waals surface area contributed by atoms with Gasteiger partial charge in [0.1, 0.15) is 5.56 Å². The maximum Gasteiger partial charge on any atom is 0.344 e. The van der Waals surface area contributed by atoms with Crippen LogP contribution in [0.4, 0.5) is 5.69 Å². The van der Waals surface area contributed by atoms with Crippen molar-refractivity contribution in [3.63, 3.8) is 0 Å². The minimum atomic E-state index is -0.827. The Bertz CT molecular complexity index is 797. The summed E-state index contributed by atoms with van der Waals surface area (Å²) >= 11 is 5.83. The largest absolute Gasteiger partial charge is 0.465 e. The van der Waals surface area contributed by atoms with E-state index < -0.39 is 16.8 Å². The van der Waals surface area contributed by atoms with Crippen molar-refractivity contribution in [3.8, 4) is 6.07 Å². The lowest BCUT2D eigenvalue weighted by Crippen LogP contribution is -2.08. The van der Waals surface area contributed by atoms with Crippen LogP contribution in [0.2, 0.25) is 5.02 Å². The second-order valence-electron chi connectivity index (χ2n) is 4.64. The van der Waals surface area contributed by atoms with E-state index >= 15 is 0 Å². The molecule has 0 saturated heterocycles. The molecule has 7 heteroatoms. The van der Waals surface area contributed by atoms with Gasteiger partial charge in [0, 0.05) is 11.1 Å². The van der Waals surface area contributed by atoms with Gasteiger partial charge in [-0.2, -0.15) is 5.26 Å². The molecule has 0 aromatic heterocycles. The zero-order valence-electron chi connectivity index (χ0n) is 12.0. The molecule has 0 saturated carbocycles. The molecule has 0 spiro atoms. The van der Waals surface area contributed by atoms with E-state index in [1.54, 1.807) is 24.3 Å². The molecule has 2 aromatic carbocycles. The molecule has 1 atom stereocenters. The van der Waals surface area contributed by atoms with E-state index in [2.05, 4.69) is 10.8 Å². The molecule has 0 fully saturated rings. The minimum Gasteiger partial charge on any atom is -0.465 e. The van der Waals surface area contributed by atoms with Crippen LogP contribution in [-0.2, 0) is 4.74 Å². The average Bonchev–Trinajstić information content (AvgIpc) is 2.56. The number of rotatable bonds is 4. The number of benzene rings is 2. The summed E-state index contributed by atoms with van der Waals surface area (Å²) in [5.41, 5.74) is 0.569. The molecule has 0 bridgehead atoms. The van der Waals surface area contributed by atoms with Gasteiger partial charge < -0.3 is 4.74 Å². The van der Waals surface area contributed by atoms with E-state index in [0.29, 0.717) is 16.1 Å². The maximum atomic E-state index is 11.8. The Labute approximate surface area is 137 Å². The number of carbonyl (C=O) groups excluding carboxylic acids is 1. The molecule has 0 aliphatic carbocycles. The fraction of sp³-hybridized carbons (Fsp3) is 0.125. The first kappa shape index (κ1) is 16.5. The van der Waals surface area contributed by atoms with Crippen LogP contribution in [0.3, 0.4) is 0 Å². The van der Waals surface area contributed by atoms with E-state index in [4.69, 9.17) is 11.6 Å². The average molecular weight is 331 g/mol. The Morgan fingerprint density at radius 1 is 1.26 bits per heavy atom. The van der Waals surface area contributed by atoms with E-state index in [0.717, 1.165) is 7.11 Å². The fourth-order valence-corrected chi connectivity index (χ4v) is 2.29. The monoisotopic (exact) mass is 330 g/mol. The van der Waals surface area contributed by atoms with Crippen molar-refractivity contribution in [2.75, 3.05) is 7.11 Å². The Kier molecular flexibility index (Phi) is 4.94. The number of esters is 1. The van der Waals surface area contributed by atoms with Crippen molar-refractivity contribution in [1.82, 2.24) is 0 Å². The Balaban J connectivity index is 2.53. The third-order valence-electron chi connectivity index (χ3n) is 3.29. The molecule has 0 amide bonds. The van der Waals surface area contributed by atoms with Crippen molar-refractivity contribution in [2.45, 2.75) is 5.92 Å². The molecule has 0 aliphatic rings. The summed E-state index contributed by atoms with van der Waals surface area (Å²) in [6.45, 7) is 0. The molecule has 2 aromatic rings. The van der Waals surface area contributed by atoms with Crippen molar-refractivity contribution in [3.05, 3.63) is 74.3 Å². The summed E-state index contributed by atoms with van der Waals surface area (Å²) in [4.78, 5) is 22.1. The van der Waals surface area contributed by atoms with Gasteiger partial charge in [-0.3, -0.25) is 10.1 Å². The summed E-state index contributed by atoms with van der Waals surface area (Å²) in [6, 6.07) is 12.8. The van der Waals surface area contributed by atoms with Gasteiger partial charge in [0.15, 0.2) is 0 Å². The third kappa shape index (κ3) is 3.47.